The number of rotatable bonds is 55. The molecule has 0 fully saturated rings. The molecule has 4 rings (SSSR count). The summed E-state index contributed by atoms with van der Waals surface area (Å²) in [6, 6.07) is 17.3. The van der Waals surface area contributed by atoms with Crippen LogP contribution in [0, 0.1) is 12.3 Å². The Balaban J connectivity index is 0.0000181. The molecule has 20 heteroatoms. The average Bonchev–Trinajstić information content (AvgIpc) is 2.14. The maximum Gasteiger partial charge on any atom is 0.209 e. The van der Waals surface area contributed by atoms with E-state index in [9.17, 15) is 0 Å². The summed E-state index contributed by atoms with van der Waals surface area (Å²) in [6.07, 6.45) is 16.0. The number of methoxy groups -OCH3 is 1. The standard InChI is InChI=1S/C63H99N2O17.ClH/c1-7-23-67-28-31-71-36-39-75-44-47-79-52-53-80-48-45-76-40-37-72-32-29-68-24-21-64-58-17-13-11-15-56(58)62(2,3)60(64)19-9-8-10-20-61-63(4,5)57-16-12-14-18-59(57)65(61)22-25-69-30-33-73-38-41-77-46-49-81-54-55-82-51-50-78-43-42-74-35-34-70-27-26-66-6;/h1,8-20H,21-55H2,2-6H3;1H/q+1;/p-1. The molecule has 0 aliphatic carbocycles. The van der Waals surface area contributed by atoms with Crippen molar-refractivity contribution in [2.45, 2.75) is 38.5 Å². The summed E-state index contributed by atoms with van der Waals surface area (Å²) in [5.41, 5.74) is 7.12. The molecular formula is C63H99ClN2O17. The number of nitrogens with zero attached hydrogens (tertiary/aromatic N) is 2. The molecule has 0 unspecified atom stereocenters. The predicted octanol–water partition coefficient (Wildman–Crippen LogP) is 3.41. The third-order valence-corrected chi connectivity index (χ3v) is 13.1. The number of hydrogen-bond donors (Lipinski definition) is 0. The molecule has 0 amide bonds. The van der Waals surface area contributed by atoms with Crippen molar-refractivity contribution in [1.29, 1.82) is 0 Å². The topological polar surface area (TPSA) is 163 Å². The first-order valence-corrected chi connectivity index (χ1v) is 29.2. The van der Waals surface area contributed by atoms with Crippen LogP contribution in [-0.4, -0.2) is 249 Å². The number of terminal acetylenes is 1. The van der Waals surface area contributed by atoms with Crippen molar-refractivity contribution in [3.63, 3.8) is 0 Å². The molecule has 0 N–H and O–H groups in total. The Kier molecular flexibility index (Phi) is 42.9. The molecule has 83 heavy (non-hydrogen) atoms. The Morgan fingerprint density at radius 1 is 0.422 bits per heavy atom. The first-order valence-electron chi connectivity index (χ1n) is 29.2. The van der Waals surface area contributed by atoms with Gasteiger partial charge in [0.15, 0.2) is 12.3 Å². The SMILES string of the molecule is C#CCOCCOCCOCCOCCOCCOCCOCCOCCN1C(=CC=CC=CC2=[N+](CCOCCOCCOCCOCCOCCOCCOCCOCCOC)c3ccccc3C2(C)C)C(C)(C)c2ccccc21.[Cl-]. The van der Waals surface area contributed by atoms with Gasteiger partial charge in [-0.15, -0.1) is 6.42 Å². The van der Waals surface area contributed by atoms with Crippen LogP contribution in [0.3, 0.4) is 0 Å². The number of para-hydroxylation sites is 2. The molecule has 0 radical (unpaired) electrons. The van der Waals surface area contributed by atoms with Crippen molar-refractivity contribution in [3.05, 3.63) is 95.7 Å². The molecule has 0 saturated heterocycles. The number of fused-ring (bicyclic) bond motifs is 2. The smallest absolute Gasteiger partial charge is 0.209 e. The van der Waals surface area contributed by atoms with Gasteiger partial charge in [-0.05, 0) is 31.6 Å². The molecule has 19 nitrogen and oxygen atoms in total. The van der Waals surface area contributed by atoms with Gasteiger partial charge in [0.25, 0.3) is 0 Å². The highest BCUT2D eigenvalue weighted by atomic mass is 35.5. The molecule has 0 aromatic heterocycles. The Morgan fingerprint density at radius 2 is 0.783 bits per heavy atom. The van der Waals surface area contributed by atoms with Crippen molar-refractivity contribution in [2.24, 2.45) is 0 Å². The number of ether oxygens (including phenoxy) is 17. The molecule has 0 saturated carbocycles. The van der Waals surface area contributed by atoms with E-state index in [1.807, 2.05) is 0 Å². The van der Waals surface area contributed by atoms with Crippen LogP contribution in [0.4, 0.5) is 11.4 Å². The van der Waals surface area contributed by atoms with Gasteiger partial charge < -0.3 is 97.8 Å². The molecule has 2 aliphatic rings. The van der Waals surface area contributed by atoms with Gasteiger partial charge in [0.05, 0.1) is 210 Å². The van der Waals surface area contributed by atoms with E-state index in [1.165, 1.54) is 33.9 Å². The maximum atomic E-state index is 6.07. The van der Waals surface area contributed by atoms with Crippen molar-refractivity contribution in [2.75, 3.05) is 243 Å². The fourth-order valence-corrected chi connectivity index (χ4v) is 8.89. The number of hydrogen-bond acceptors (Lipinski definition) is 18. The Labute approximate surface area is 502 Å². The van der Waals surface area contributed by atoms with E-state index in [1.54, 1.807) is 7.11 Å². The molecule has 0 bridgehead atoms. The third-order valence-electron chi connectivity index (χ3n) is 13.1. The highest BCUT2D eigenvalue weighted by molar-refractivity contribution is 6.03. The van der Waals surface area contributed by atoms with Gasteiger partial charge in [0.2, 0.25) is 5.69 Å². The first-order chi connectivity index (χ1) is 40.3. The molecule has 0 atom stereocenters. The van der Waals surface area contributed by atoms with Crippen molar-refractivity contribution in [3.8, 4) is 12.3 Å². The monoisotopic (exact) mass is 1190 g/mol. The summed E-state index contributed by atoms with van der Waals surface area (Å²) in [4.78, 5) is 2.38. The molecule has 2 heterocycles. The minimum atomic E-state index is -0.180. The van der Waals surface area contributed by atoms with Crippen LogP contribution in [0.1, 0.15) is 38.8 Å². The maximum absolute atomic E-state index is 6.07. The Morgan fingerprint density at radius 3 is 1.20 bits per heavy atom. The zero-order valence-corrected chi connectivity index (χ0v) is 51.3. The van der Waals surface area contributed by atoms with Crippen LogP contribution in [0.25, 0.3) is 0 Å². The molecule has 470 valence electrons. The summed E-state index contributed by atoms with van der Waals surface area (Å²) >= 11 is 0. The van der Waals surface area contributed by atoms with Gasteiger partial charge >= 0.3 is 0 Å². The summed E-state index contributed by atoms with van der Waals surface area (Å²) < 4.78 is 96.9. The van der Waals surface area contributed by atoms with Gasteiger partial charge in [-0.1, -0.05) is 74.4 Å². The molecule has 2 aliphatic heterocycles. The Bertz CT molecular complexity index is 2100. The van der Waals surface area contributed by atoms with Crippen LogP contribution in [0.15, 0.2) is 84.6 Å². The normalized spacial score (nSPS) is 14.8. The first kappa shape index (κ1) is 73.6. The van der Waals surface area contributed by atoms with Crippen LogP contribution in [0.5, 0.6) is 0 Å². The summed E-state index contributed by atoms with van der Waals surface area (Å²) in [5, 5.41) is 0. The number of allylic oxidation sites excluding steroid dienone is 6. The highest BCUT2D eigenvalue weighted by Gasteiger charge is 2.44. The lowest BCUT2D eigenvalue weighted by Gasteiger charge is -2.27. The highest BCUT2D eigenvalue weighted by Crippen LogP contribution is 2.47. The fraction of sp³-hybridized carbons (Fsp3) is 0.667. The summed E-state index contributed by atoms with van der Waals surface area (Å²) in [5.74, 6) is 2.41. The summed E-state index contributed by atoms with van der Waals surface area (Å²) in [6.45, 7) is 27.3. The zero-order valence-electron chi connectivity index (χ0n) is 50.5. The quantitative estimate of drug-likeness (QED) is 0.0410. The molecular weight excluding hydrogens is 1090 g/mol. The number of halogens is 1. The van der Waals surface area contributed by atoms with Crippen LogP contribution in [0.2, 0.25) is 0 Å². The largest absolute Gasteiger partial charge is 1.00 e. The van der Waals surface area contributed by atoms with Crippen LogP contribution >= 0.6 is 0 Å². The molecule has 2 aromatic rings. The van der Waals surface area contributed by atoms with E-state index in [2.05, 4.69) is 122 Å². The van der Waals surface area contributed by atoms with Gasteiger partial charge in [-0.25, -0.2) is 0 Å². The minimum absolute atomic E-state index is 0. The van der Waals surface area contributed by atoms with Gasteiger partial charge in [0, 0.05) is 48.2 Å². The van der Waals surface area contributed by atoms with Crippen molar-refractivity contribution < 1.29 is 97.5 Å². The van der Waals surface area contributed by atoms with E-state index in [0.29, 0.717) is 218 Å². The second-order valence-electron chi connectivity index (χ2n) is 19.7. The van der Waals surface area contributed by atoms with Crippen molar-refractivity contribution >= 4 is 17.1 Å². The Hall–Kier alpha value is -3.70. The average molecular weight is 1190 g/mol. The molecule has 0 spiro atoms. The van der Waals surface area contributed by atoms with E-state index in [4.69, 9.17) is 87.0 Å². The van der Waals surface area contributed by atoms with E-state index in [0.717, 1.165) is 13.1 Å². The molecule has 2 aromatic carbocycles. The van der Waals surface area contributed by atoms with Crippen LogP contribution < -0.4 is 17.3 Å². The van der Waals surface area contributed by atoms with Gasteiger partial charge in [-0.2, -0.15) is 4.58 Å². The zero-order chi connectivity index (χ0) is 58.3. The second kappa shape index (κ2) is 48.4. The van der Waals surface area contributed by atoms with E-state index in [-0.39, 0.29) is 23.2 Å². The van der Waals surface area contributed by atoms with E-state index < -0.39 is 0 Å². The lowest BCUT2D eigenvalue weighted by molar-refractivity contribution is -0.442. The van der Waals surface area contributed by atoms with Crippen LogP contribution in [-0.2, 0) is 91.4 Å². The lowest BCUT2D eigenvalue weighted by Crippen LogP contribution is -3.00. The summed E-state index contributed by atoms with van der Waals surface area (Å²) in [7, 11) is 1.65. The minimum Gasteiger partial charge on any atom is -1.00 e. The lowest BCUT2D eigenvalue weighted by atomic mass is 9.81. The van der Waals surface area contributed by atoms with E-state index >= 15 is 0 Å². The third kappa shape index (κ3) is 31.0. The number of benzene rings is 2. The van der Waals surface area contributed by atoms with Gasteiger partial charge in [0.1, 0.15) is 13.2 Å². The predicted molar refractivity (Wildman–Crippen MR) is 316 cm³/mol. The van der Waals surface area contributed by atoms with Gasteiger partial charge in [-0.3, -0.25) is 0 Å². The second-order valence-corrected chi connectivity index (χ2v) is 19.7. The fourth-order valence-electron chi connectivity index (χ4n) is 8.89. The number of anilines is 1. The van der Waals surface area contributed by atoms with Crippen molar-refractivity contribution in [1.82, 2.24) is 0 Å².